The Morgan fingerprint density at radius 1 is 1.60 bits per heavy atom. The van der Waals surface area contributed by atoms with Crippen LogP contribution < -0.4 is 5.32 Å². The van der Waals surface area contributed by atoms with Crippen LogP contribution in [-0.2, 0) is 6.42 Å². The van der Waals surface area contributed by atoms with Crippen molar-refractivity contribution in [2.45, 2.75) is 25.3 Å². The summed E-state index contributed by atoms with van der Waals surface area (Å²) in [6.07, 6.45) is 3.90. The quantitative estimate of drug-likeness (QED) is 0.822. The van der Waals surface area contributed by atoms with Gasteiger partial charge in [-0.2, -0.15) is 0 Å². The SMILES string of the molecule is CN(CCc1cccs1)CC1CCCN1. The lowest BCUT2D eigenvalue weighted by molar-refractivity contribution is 0.304. The van der Waals surface area contributed by atoms with E-state index in [4.69, 9.17) is 0 Å². The van der Waals surface area contributed by atoms with Crippen LogP contribution in [0.25, 0.3) is 0 Å². The summed E-state index contributed by atoms with van der Waals surface area (Å²) in [5.41, 5.74) is 0. The molecule has 1 aromatic heterocycles. The van der Waals surface area contributed by atoms with Gasteiger partial charge in [0.1, 0.15) is 0 Å². The molecule has 1 N–H and O–H groups in total. The predicted molar refractivity (Wildman–Crippen MR) is 66.5 cm³/mol. The number of hydrogen-bond donors (Lipinski definition) is 1. The molecule has 0 amide bonds. The summed E-state index contributed by atoms with van der Waals surface area (Å²) in [7, 11) is 2.23. The first-order valence-electron chi connectivity index (χ1n) is 5.79. The second-order valence-electron chi connectivity index (χ2n) is 4.38. The van der Waals surface area contributed by atoms with Gasteiger partial charge in [-0.3, -0.25) is 0 Å². The molecule has 1 aliphatic heterocycles. The average Bonchev–Trinajstić information content (AvgIpc) is 2.86. The summed E-state index contributed by atoms with van der Waals surface area (Å²) in [5.74, 6) is 0. The first-order chi connectivity index (χ1) is 7.34. The molecule has 1 aliphatic rings. The minimum Gasteiger partial charge on any atom is -0.313 e. The van der Waals surface area contributed by atoms with Gasteiger partial charge < -0.3 is 10.2 Å². The second kappa shape index (κ2) is 5.64. The topological polar surface area (TPSA) is 15.3 Å². The van der Waals surface area contributed by atoms with Crippen molar-refractivity contribution in [1.82, 2.24) is 10.2 Å². The minimum atomic E-state index is 0.735. The van der Waals surface area contributed by atoms with Gasteiger partial charge in [0.25, 0.3) is 0 Å². The molecule has 0 spiro atoms. The Bertz CT molecular complexity index is 265. The van der Waals surface area contributed by atoms with Gasteiger partial charge in [-0.1, -0.05) is 6.07 Å². The van der Waals surface area contributed by atoms with Gasteiger partial charge in [0.2, 0.25) is 0 Å². The molecular formula is C12H20N2S. The molecule has 1 saturated heterocycles. The largest absolute Gasteiger partial charge is 0.313 e. The molecule has 0 radical (unpaired) electrons. The van der Waals surface area contributed by atoms with Gasteiger partial charge in [0.15, 0.2) is 0 Å². The number of likely N-dealkylation sites (N-methyl/N-ethyl adjacent to an activating group) is 1. The van der Waals surface area contributed by atoms with Crippen LogP contribution in [0.3, 0.4) is 0 Å². The molecule has 2 rings (SSSR count). The predicted octanol–water partition coefficient (Wildman–Crippen LogP) is 1.97. The van der Waals surface area contributed by atoms with E-state index in [2.05, 4.69) is 34.8 Å². The van der Waals surface area contributed by atoms with Crippen LogP contribution in [0, 0.1) is 0 Å². The fourth-order valence-corrected chi connectivity index (χ4v) is 2.83. The highest BCUT2D eigenvalue weighted by Gasteiger charge is 2.15. The second-order valence-corrected chi connectivity index (χ2v) is 5.42. The summed E-state index contributed by atoms with van der Waals surface area (Å²) in [5, 5.41) is 5.70. The molecule has 1 unspecified atom stereocenters. The summed E-state index contributed by atoms with van der Waals surface area (Å²) in [4.78, 5) is 3.95. The van der Waals surface area contributed by atoms with Crippen molar-refractivity contribution in [3.05, 3.63) is 22.4 Å². The molecule has 1 fully saturated rings. The van der Waals surface area contributed by atoms with Crippen LogP contribution in [0.5, 0.6) is 0 Å². The Morgan fingerprint density at radius 2 is 2.53 bits per heavy atom. The zero-order chi connectivity index (χ0) is 10.5. The molecule has 0 aromatic carbocycles. The van der Waals surface area contributed by atoms with E-state index in [9.17, 15) is 0 Å². The molecule has 2 heterocycles. The van der Waals surface area contributed by atoms with Gasteiger partial charge in [-0.25, -0.2) is 0 Å². The molecule has 15 heavy (non-hydrogen) atoms. The van der Waals surface area contributed by atoms with Crippen molar-refractivity contribution in [1.29, 1.82) is 0 Å². The van der Waals surface area contributed by atoms with Gasteiger partial charge >= 0.3 is 0 Å². The minimum absolute atomic E-state index is 0.735. The molecular weight excluding hydrogens is 204 g/mol. The van der Waals surface area contributed by atoms with Crippen LogP contribution in [0.1, 0.15) is 17.7 Å². The van der Waals surface area contributed by atoms with Gasteiger partial charge in [-0.05, 0) is 44.3 Å². The normalized spacial score (nSPS) is 21.3. The fourth-order valence-electron chi connectivity index (χ4n) is 2.14. The Labute approximate surface area is 96.3 Å². The third-order valence-electron chi connectivity index (χ3n) is 3.01. The Kier molecular flexibility index (Phi) is 4.18. The van der Waals surface area contributed by atoms with Crippen LogP contribution in [0.2, 0.25) is 0 Å². The molecule has 3 heteroatoms. The Balaban J connectivity index is 1.66. The molecule has 0 bridgehead atoms. The molecule has 0 saturated carbocycles. The van der Waals surface area contributed by atoms with E-state index >= 15 is 0 Å². The zero-order valence-electron chi connectivity index (χ0n) is 9.41. The lowest BCUT2D eigenvalue weighted by Crippen LogP contribution is -2.36. The van der Waals surface area contributed by atoms with Crippen LogP contribution in [0.4, 0.5) is 0 Å². The monoisotopic (exact) mass is 224 g/mol. The summed E-state index contributed by atoms with van der Waals surface area (Å²) in [6.45, 7) is 3.59. The lowest BCUT2D eigenvalue weighted by atomic mass is 10.2. The number of nitrogens with zero attached hydrogens (tertiary/aromatic N) is 1. The third-order valence-corrected chi connectivity index (χ3v) is 3.95. The Morgan fingerprint density at radius 3 is 3.20 bits per heavy atom. The maximum atomic E-state index is 3.54. The van der Waals surface area contributed by atoms with Crippen molar-refractivity contribution in [3.8, 4) is 0 Å². The van der Waals surface area contributed by atoms with Crippen molar-refractivity contribution in [2.24, 2.45) is 0 Å². The van der Waals surface area contributed by atoms with E-state index in [-0.39, 0.29) is 0 Å². The van der Waals surface area contributed by atoms with Gasteiger partial charge in [0.05, 0.1) is 0 Å². The molecule has 84 valence electrons. The van der Waals surface area contributed by atoms with E-state index in [1.165, 1.54) is 43.8 Å². The van der Waals surface area contributed by atoms with E-state index in [0.717, 1.165) is 6.04 Å². The van der Waals surface area contributed by atoms with E-state index < -0.39 is 0 Å². The van der Waals surface area contributed by atoms with E-state index in [1.54, 1.807) is 0 Å². The Hall–Kier alpha value is -0.380. The highest BCUT2D eigenvalue weighted by molar-refractivity contribution is 7.09. The first kappa shape index (κ1) is 11.1. The number of thiophene rings is 1. The average molecular weight is 224 g/mol. The maximum Gasteiger partial charge on any atom is 0.0195 e. The van der Waals surface area contributed by atoms with Crippen molar-refractivity contribution >= 4 is 11.3 Å². The molecule has 0 aliphatic carbocycles. The lowest BCUT2D eigenvalue weighted by Gasteiger charge is -2.20. The summed E-state index contributed by atoms with van der Waals surface area (Å²) < 4.78 is 0. The zero-order valence-corrected chi connectivity index (χ0v) is 10.2. The number of rotatable bonds is 5. The van der Waals surface area contributed by atoms with Crippen LogP contribution >= 0.6 is 11.3 Å². The highest BCUT2D eigenvalue weighted by atomic mass is 32.1. The fraction of sp³-hybridized carbons (Fsp3) is 0.667. The van der Waals surface area contributed by atoms with Crippen LogP contribution in [0.15, 0.2) is 17.5 Å². The van der Waals surface area contributed by atoms with E-state index in [1.807, 2.05) is 11.3 Å². The first-order valence-corrected chi connectivity index (χ1v) is 6.67. The van der Waals surface area contributed by atoms with Gasteiger partial charge in [-0.15, -0.1) is 11.3 Å². The number of hydrogen-bond acceptors (Lipinski definition) is 3. The standard InChI is InChI=1S/C12H20N2S/c1-14(10-11-4-2-7-13-11)8-6-12-5-3-9-15-12/h3,5,9,11,13H,2,4,6-8,10H2,1H3. The van der Waals surface area contributed by atoms with E-state index in [0.29, 0.717) is 0 Å². The van der Waals surface area contributed by atoms with Crippen molar-refractivity contribution in [2.75, 3.05) is 26.7 Å². The summed E-state index contributed by atoms with van der Waals surface area (Å²) in [6, 6.07) is 5.10. The molecule has 2 nitrogen and oxygen atoms in total. The smallest absolute Gasteiger partial charge is 0.0195 e. The number of nitrogens with one attached hydrogen (secondary N) is 1. The summed E-state index contributed by atoms with van der Waals surface area (Å²) >= 11 is 1.87. The van der Waals surface area contributed by atoms with Crippen LogP contribution in [-0.4, -0.2) is 37.6 Å². The third kappa shape index (κ3) is 3.59. The molecule has 1 aromatic rings. The molecule has 1 atom stereocenters. The van der Waals surface area contributed by atoms with Crippen molar-refractivity contribution < 1.29 is 0 Å². The maximum absolute atomic E-state index is 3.54. The van der Waals surface area contributed by atoms with Gasteiger partial charge in [0, 0.05) is 24.0 Å². The van der Waals surface area contributed by atoms with Crippen molar-refractivity contribution in [3.63, 3.8) is 0 Å². The highest BCUT2D eigenvalue weighted by Crippen LogP contribution is 2.10.